The maximum Gasteiger partial charge on any atom is 0.319 e. The van der Waals surface area contributed by atoms with E-state index in [-0.39, 0.29) is 12.1 Å². The molecule has 1 aliphatic rings. The normalized spacial score (nSPS) is 15.2. The second kappa shape index (κ2) is 9.08. The third-order valence-electron chi connectivity index (χ3n) is 4.51. The molecule has 9 heteroatoms. The Morgan fingerprint density at radius 1 is 1.27 bits per heavy atom. The van der Waals surface area contributed by atoms with Gasteiger partial charge < -0.3 is 20.2 Å². The minimum absolute atomic E-state index is 0.202. The number of hydrogen-bond donors (Lipinski definition) is 2. The lowest BCUT2D eigenvalue weighted by Crippen LogP contribution is -2.33. The van der Waals surface area contributed by atoms with Gasteiger partial charge in [-0.05, 0) is 18.2 Å². The molecular weight excluding hydrogens is 384 g/mol. The van der Waals surface area contributed by atoms with Crippen molar-refractivity contribution in [2.75, 3.05) is 18.5 Å². The fourth-order valence-electron chi connectivity index (χ4n) is 3.05. The third kappa shape index (κ3) is 4.93. The van der Waals surface area contributed by atoms with Gasteiger partial charge in [-0.1, -0.05) is 23.4 Å². The van der Waals surface area contributed by atoms with E-state index in [1.165, 1.54) is 0 Å². The van der Waals surface area contributed by atoms with E-state index in [0.717, 1.165) is 22.6 Å². The first-order valence-corrected chi connectivity index (χ1v) is 9.54. The number of carbonyl (C=O) groups excluding carboxylic acids is 1. The van der Waals surface area contributed by atoms with E-state index in [4.69, 9.17) is 9.57 Å². The lowest BCUT2D eigenvalue weighted by Gasteiger charge is -2.13. The smallest absolute Gasteiger partial charge is 0.319 e. The van der Waals surface area contributed by atoms with Gasteiger partial charge >= 0.3 is 6.03 Å². The summed E-state index contributed by atoms with van der Waals surface area (Å²) < 4.78 is 7.75. The molecule has 2 amide bonds. The van der Waals surface area contributed by atoms with Crippen LogP contribution in [0.3, 0.4) is 0 Å². The minimum Gasteiger partial charge on any atom is -0.489 e. The van der Waals surface area contributed by atoms with Crippen molar-refractivity contribution in [3.8, 4) is 16.9 Å². The number of urea groups is 1. The zero-order valence-corrected chi connectivity index (χ0v) is 16.5. The molecule has 0 saturated heterocycles. The number of hydrogen-bond acceptors (Lipinski definition) is 6. The van der Waals surface area contributed by atoms with Crippen LogP contribution in [0.2, 0.25) is 0 Å². The second-order valence-corrected chi connectivity index (χ2v) is 6.84. The number of pyridine rings is 1. The van der Waals surface area contributed by atoms with E-state index in [1.54, 1.807) is 35.4 Å². The maximum atomic E-state index is 12.0. The van der Waals surface area contributed by atoms with Gasteiger partial charge in [-0.3, -0.25) is 9.67 Å². The number of benzene rings is 1. The van der Waals surface area contributed by atoms with Gasteiger partial charge in [-0.25, -0.2) is 4.79 Å². The molecule has 154 valence electrons. The Labute approximate surface area is 173 Å². The molecule has 1 unspecified atom stereocenters. The summed E-state index contributed by atoms with van der Waals surface area (Å²) in [5.74, 6) is 0.761. The molecule has 0 spiro atoms. The number of nitrogens with one attached hydrogen (secondary N) is 2. The van der Waals surface area contributed by atoms with E-state index in [1.807, 2.05) is 37.5 Å². The molecule has 0 radical (unpaired) electrons. The number of rotatable bonds is 7. The van der Waals surface area contributed by atoms with Crippen LogP contribution >= 0.6 is 0 Å². The number of aromatic nitrogens is 3. The zero-order valence-electron chi connectivity index (χ0n) is 16.5. The predicted molar refractivity (Wildman–Crippen MR) is 112 cm³/mol. The van der Waals surface area contributed by atoms with Crippen LogP contribution in [0.15, 0.2) is 66.3 Å². The maximum absolute atomic E-state index is 12.0. The van der Waals surface area contributed by atoms with Crippen LogP contribution in [0.5, 0.6) is 5.75 Å². The van der Waals surface area contributed by atoms with Gasteiger partial charge in [0.15, 0.2) is 6.10 Å². The third-order valence-corrected chi connectivity index (χ3v) is 4.51. The molecule has 4 rings (SSSR count). The number of para-hydroxylation sites is 1. The first-order valence-electron chi connectivity index (χ1n) is 9.54. The average molecular weight is 406 g/mol. The van der Waals surface area contributed by atoms with Crippen molar-refractivity contribution < 1.29 is 14.4 Å². The van der Waals surface area contributed by atoms with Crippen molar-refractivity contribution in [2.45, 2.75) is 12.5 Å². The van der Waals surface area contributed by atoms with E-state index in [2.05, 4.69) is 25.9 Å². The number of aryl methyl sites for hydroxylation is 1. The lowest BCUT2D eigenvalue weighted by atomic mass is 10.1. The summed E-state index contributed by atoms with van der Waals surface area (Å²) in [6.45, 7) is 0.660. The van der Waals surface area contributed by atoms with E-state index >= 15 is 0 Å². The van der Waals surface area contributed by atoms with E-state index in [9.17, 15) is 4.79 Å². The molecule has 0 saturated carbocycles. The Morgan fingerprint density at radius 3 is 2.90 bits per heavy atom. The van der Waals surface area contributed by atoms with Crippen molar-refractivity contribution in [1.29, 1.82) is 0 Å². The molecule has 2 aromatic heterocycles. The van der Waals surface area contributed by atoms with Crippen LogP contribution in [0.1, 0.15) is 6.42 Å². The number of anilines is 1. The van der Waals surface area contributed by atoms with Crippen molar-refractivity contribution in [3.05, 3.63) is 61.2 Å². The highest BCUT2D eigenvalue weighted by Crippen LogP contribution is 2.29. The van der Waals surface area contributed by atoms with Crippen molar-refractivity contribution in [3.63, 3.8) is 0 Å². The molecule has 0 fully saturated rings. The Kier molecular flexibility index (Phi) is 5.88. The topological polar surface area (TPSA) is 103 Å². The summed E-state index contributed by atoms with van der Waals surface area (Å²) in [6.07, 6.45) is 7.36. The predicted octanol–water partition coefficient (Wildman–Crippen LogP) is 2.83. The number of oxime groups is 1. The fourth-order valence-corrected chi connectivity index (χ4v) is 3.05. The molecule has 1 aromatic carbocycles. The molecule has 30 heavy (non-hydrogen) atoms. The Bertz CT molecular complexity index is 1030. The van der Waals surface area contributed by atoms with Crippen LogP contribution in [-0.2, 0) is 11.9 Å². The molecule has 1 aliphatic heterocycles. The number of amides is 2. The van der Waals surface area contributed by atoms with Crippen LogP contribution in [-0.4, -0.2) is 45.8 Å². The van der Waals surface area contributed by atoms with Gasteiger partial charge in [0.05, 0.1) is 18.5 Å². The summed E-state index contributed by atoms with van der Waals surface area (Å²) in [7, 11) is 1.88. The van der Waals surface area contributed by atoms with Gasteiger partial charge in [-0.15, -0.1) is 0 Å². The molecule has 0 bridgehead atoms. The first kappa shape index (κ1) is 19.4. The second-order valence-electron chi connectivity index (χ2n) is 6.84. The van der Waals surface area contributed by atoms with Gasteiger partial charge in [0.2, 0.25) is 0 Å². The SMILES string of the molecule is Cn1cc(-c2ccccc2OCC2CC(CNC(=O)Nc3ccncc3)=NO2)cn1. The van der Waals surface area contributed by atoms with Crippen LogP contribution in [0, 0.1) is 0 Å². The van der Waals surface area contributed by atoms with Crippen LogP contribution in [0.25, 0.3) is 11.1 Å². The molecular formula is C21H22N6O3. The van der Waals surface area contributed by atoms with Crippen molar-refractivity contribution in [1.82, 2.24) is 20.1 Å². The van der Waals surface area contributed by atoms with E-state index < -0.39 is 0 Å². The molecule has 3 heterocycles. The summed E-state index contributed by atoms with van der Waals surface area (Å²) in [6, 6.07) is 10.9. The zero-order chi connectivity index (χ0) is 20.8. The number of ether oxygens (including phenoxy) is 1. The van der Waals surface area contributed by atoms with Gasteiger partial charge in [0.1, 0.15) is 12.4 Å². The van der Waals surface area contributed by atoms with Crippen LogP contribution in [0.4, 0.5) is 10.5 Å². The number of carbonyl (C=O) groups is 1. The monoisotopic (exact) mass is 406 g/mol. The fraction of sp³-hybridized carbons (Fsp3) is 0.238. The standard InChI is InChI=1S/C21H22N6O3/c1-27-13-15(11-24-27)19-4-2-3-5-20(19)29-14-18-10-17(26-30-18)12-23-21(28)25-16-6-8-22-9-7-16/h2-9,11,13,18H,10,12,14H2,1H3,(H2,22,23,25,28). The Morgan fingerprint density at radius 2 is 2.10 bits per heavy atom. The highest BCUT2D eigenvalue weighted by atomic mass is 16.7. The van der Waals surface area contributed by atoms with Gasteiger partial charge in [-0.2, -0.15) is 5.10 Å². The highest BCUT2D eigenvalue weighted by molar-refractivity contribution is 5.94. The highest BCUT2D eigenvalue weighted by Gasteiger charge is 2.22. The Balaban J connectivity index is 1.24. The van der Waals surface area contributed by atoms with Gasteiger partial charge in [0.25, 0.3) is 0 Å². The van der Waals surface area contributed by atoms with Crippen molar-refractivity contribution in [2.24, 2.45) is 12.2 Å². The molecule has 0 aliphatic carbocycles. The quantitative estimate of drug-likeness (QED) is 0.628. The number of nitrogens with zero attached hydrogens (tertiary/aromatic N) is 4. The minimum atomic E-state index is -0.311. The van der Waals surface area contributed by atoms with E-state index in [0.29, 0.717) is 25.3 Å². The molecule has 9 nitrogen and oxygen atoms in total. The van der Waals surface area contributed by atoms with Crippen LogP contribution < -0.4 is 15.4 Å². The largest absolute Gasteiger partial charge is 0.489 e. The molecule has 1 atom stereocenters. The molecule has 2 N–H and O–H groups in total. The molecule has 3 aromatic rings. The average Bonchev–Trinajstić information content (AvgIpc) is 3.40. The first-order chi connectivity index (χ1) is 14.7. The Hall–Kier alpha value is -3.88. The summed E-state index contributed by atoms with van der Waals surface area (Å²) in [5.41, 5.74) is 3.39. The summed E-state index contributed by atoms with van der Waals surface area (Å²) >= 11 is 0. The van der Waals surface area contributed by atoms with Crippen molar-refractivity contribution >= 4 is 17.4 Å². The van der Waals surface area contributed by atoms with Gasteiger partial charge in [0, 0.05) is 48.9 Å². The summed E-state index contributed by atoms with van der Waals surface area (Å²) in [4.78, 5) is 21.3. The lowest BCUT2D eigenvalue weighted by molar-refractivity contribution is 0.0472. The summed E-state index contributed by atoms with van der Waals surface area (Å²) in [5, 5.41) is 13.8.